The average Bonchev–Trinajstić information content (AvgIpc) is 0.773. The zero-order valence-corrected chi connectivity index (χ0v) is 68.5. The zero-order valence-electron chi connectivity index (χ0n) is 68.5. The Labute approximate surface area is 622 Å². The molecule has 8 aromatic carbocycles. The molecule has 0 saturated carbocycles. The van der Waals surface area contributed by atoms with Gasteiger partial charge in [-0.3, -0.25) is 0 Å². The minimum Gasteiger partial charge on any atom is -0.492 e. The van der Waals surface area contributed by atoms with Crippen molar-refractivity contribution >= 4 is 91.0 Å². The third-order valence-corrected chi connectivity index (χ3v) is 19.4. The molecular weight excluding hydrogens is 1300 g/mol. The third kappa shape index (κ3) is 16.9. The van der Waals surface area contributed by atoms with E-state index in [-0.39, 0.29) is 43.3 Å². The fourth-order valence-corrected chi connectivity index (χ4v) is 12.9. The van der Waals surface area contributed by atoms with Crippen molar-refractivity contribution in [3.8, 4) is 46.0 Å². The first kappa shape index (κ1) is 78.7. The summed E-state index contributed by atoms with van der Waals surface area (Å²) in [5, 5.41) is 31.3. The Hall–Kier alpha value is -9.44. The number of benzene rings is 8. The molecule has 16 heteroatoms. The quantitative estimate of drug-likeness (QED) is 0.0722. The van der Waals surface area contributed by atoms with E-state index < -0.39 is 0 Å². The summed E-state index contributed by atoms with van der Waals surface area (Å²) in [6.45, 7) is 53.2. The van der Waals surface area contributed by atoms with E-state index in [4.69, 9.17) is 37.9 Å². The molecule has 0 atom stereocenters. The second kappa shape index (κ2) is 28.9. The second-order valence-electron chi connectivity index (χ2n) is 35.8. The Balaban J connectivity index is 1.42. The first-order valence-electron chi connectivity index (χ1n) is 36.1. The van der Waals surface area contributed by atoms with E-state index in [1.807, 2.05) is 0 Å². The molecule has 1 aliphatic rings. The fraction of sp³-hybridized carbons (Fsp3) is 0.455. The highest BCUT2D eigenvalue weighted by molar-refractivity contribution is 5.93. The summed E-state index contributed by atoms with van der Waals surface area (Å²) < 4.78 is 52.8. The number of ether oxygens (including phenoxy) is 8. The summed E-state index contributed by atoms with van der Waals surface area (Å²) in [4.78, 5) is 0. The summed E-state index contributed by atoms with van der Waals surface area (Å²) in [5.74, 6) is 4.56. The van der Waals surface area contributed by atoms with Crippen LogP contribution < -0.4 is 80.4 Å². The van der Waals surface area contributed by atoms with Gasteiger partial charge in [0.1, 0.15) is 0 Å². The van der Waals surface area contributed by atoms with Crippen LogP contribution in [0.5, 0.6) is 46.0 Å². The van der Waals surface area contributed by atoms with Crippen molar-refractivity contribution in [2.45, 2.75) is 209 Å². The Morgan fingerprint density at radius 3 is 0.260 bits per heavy atom. The lowest BCUT2D eigenvalue weighted by Crippen LogP contribution is -2.16. The standard InChI is InChI=1S/C88H120N8O8/c1-81(2,3)49-33-57-73(97-25)58(34-49)90-60-36-51(83(7,8)9)38-62(75(60)99-27)92-64-40-53(85(13,14)15)42-66(77(64)101-29)94-68-44-55(87(19,20)21)46-70(79(68)103-31)96-72-48-56(88(22,23)24)47-71(80(72)104-32)95-69-45-54(86(16,17)18)43-67(78(69)102-30)93-65-41-52(84(10,11)12)39-63(76(65)100-28)91-61-37-50(82(4,5)6)35-59(89-57)74(61)98-26/h33-48,89-96H,1-32H3. The number of anilines is 16. The van der Waals surface area contributed by atoms with Gasteiger partial charge >= 0.3 is 0 Å². The lowest BCUT2D eigenvalue weighted by atomic mass is 9.85. The van der Waals surface area contributed by atoms with E-state index in [9.17, 15) is 0 Å². The first-order chi connectivity index (χ1) is 48.2. The Morgan fingerprint density at radius 2 is 0.212 bits per heavy atom. The second-order valence-corrected chi connectivity index (χ2v) is 35.8. The molecule has 0 unspecified atom stereocenters. The Kier molecular flexibility index (Phi) is 21.9. The highest BCUT2D eigenvalue weighted by Gasteiger charge is 2.33. The van der Waals surface area contributed by atoms with Crippen LogP contribution in [0, 0.1) is 0 Å². The molecule has 0 aromatic heterocycles. The largest absolute Gasteiger partial charge is 0.492 e. The van der Waals surface area contributed by atoms with Crippen molar-refractivity contribution < 1.29 is 37.9 Å². The molecule has 9 rings (SSSR count). The van der Waals surface area contributed by atoms with E-state index >= 15 is 0 Å². The Morgan fingerprint density at radius 1 is 0.144 bits per heavy atom. The van der Waals surface area contributed by atoms with Crippen molar-refractivity contribution in [2.24, 2.45) is 0 Å². The normalized spacial score (nSPS) is 13.2. The lowest BCUT2D eigenvalue weighted by molar-refractivity contribution is 0.414. The number of fused-ring (bicyclic) bond motifs is 16. The van der Waals surface area contributed by atoms with E-state index in [0.717, 1.165) is 44.5 Å². The molecule has 8 aromatic rings. The highest BCUT2D eigenvalue weighted by Crippen LogP contribution is 2.54. The molecule has 1 aliphatic heterocycles. The van der Waals surface area contributed by atoms with Crippen molar-refractivity contribution in [1.82, 2.24) is 0 Å². The SMILES string of the molecule is COc1c2cc(C(C)(C)C)cc1Nc1cc(C(C)(C)C)cc(c1OC)Nc1cc(C(C)(C)C)cc(c1OC)Nc1cc(C(C)(C)C)cc(c1OC)Nc1cc(C(C)(C)C)cc(c1OC)Nc1cc(C(C)(C)C)cc(c1OC)Nc1cc(C(C)(C)C)cc(c1OC)Nc1cc(C(C)(C)C)cc(c1OC)N2. The Bertz CT molecular complexity index is 3470. The van der Waals surface area contributed by atoms with Crippen LogP contribution in [-0.4, -0.2) is 56.9 Å². The molecule has 104 heavy (non-hydrogen) atoms. The minimum absolute atomic E-state index is 0.328. The van der Waals surface area contributed by atoms with Gasteiger partial charge in [0.25, 0.3) is 0 Å². The molecule has 0 spiro atoms. The molecular formula is C88H120N8O8. The maximum absolute atomic E-state index is 6.60. The van der Waals surface area contributed by atoms with E-state index in [1.54, 1.807) is 56.9 Å². The van der Waals surface area contributed by atoms with Crippen molar-refractivity contribution in [3.05, 3.63) is 142 Å². The number of nitrogens with one attached hydrogen (secondary N) is 8. The number of hydrogen-bond donors (Lipinski definition) is 8. The van der Waals surface area contributed by atoms with Crippen LogP contribution in [0.4, 0.5) is 91.0 Å². The maximum atomic E-state index is 6.60. The van der Waals surface area contributed by atoms with Gasteiger partial charge < -0.3 is 80.4 Å². The van der Waals surface area contributed by atoms with Gasteiger partial charge in [-0.1, -0.05) is 166 Å². The minimum atomic E-state index is -0.328. The van der Waals surface area contributed by atoms with Gasteiger partial charge in [-0.25, -0.2) is 0 Å². The summed E-state index contributed by atoms with van der Waals surface area (Å²) in [6.07, 6.45) is 0. The molecule has 0 radical (unpaired) electrons. The fourth-order valence-electron chi connectivity index (χ4n) is 12.9. The molecule has 560 valence electrons. The number of methoxy groups -OCH3 is 8. The number of hydrogen-bond acceptors (Lipinski definition) is 16. The molecule has 16 nitrogen and oxygen atoms in total. The molecule has 0 aliphatic carbocycles. The van der Waals surface area contributed by atoms with Crippen LogP contribution in [0.2, 0.25) is 0 Å². The third-order valence-electron chi connectivity index (χ3n) is 19.4. The maximum Gasteiger partial charge on any atom is 0.165 e. The average molecular weight is 1420 g/mol. The molecule has 0 fully saturated rings. The predicted octanol–water partition coefficient (Wildman–Crippen LogP) is 24.4. The monoisotopic (exact) mass is 1420 g/mol. The van der Waals surface area contributed by atoms with Gasteiger partial charge in [0.15, 0.2) is 46.0 Å². The first-order valence-corrected chi connectivity index (χ1v) is 36.1. The molecule has 16 bridgehead atoms. The predicted molar refractivity (Wildman–Crippen MR) is 440 cm³/mol. The van der Waals surface area contributed by atoms with Crippen molar-refractivity contribution in [2.75, 3.05) is 99.4 Å². The smallest absolute Gasteiger partial charge is 0.165 e. The van der Waals surface area contributed by atoms with Gasteiger partial charge in [-0.2, -0.15) is 0 Å². The van der Waals surface area contributed by atoms with Gasteiger partial charge in [0.05, 0.1) is 148 Å². The number of rotatable bonds is 8. The van der Waals surface area contributed by atoms with Crippen molar-refractivity contribution in [3.63, 3.8) is 0 Å². The van der Waals surface area contributed by atoms with Crippen molar-refractivity contribution in [1.29, 1.82) is 0 Å². The molecule has 0 amide bonds. The summed E-state index contributed by atoms with van der Waals surface area (Å²) in [6, 6.07) is 34.7. The summed E-state index contributed by atoms with van der Waals surface area (Å²) in [7, 11) is 13.7. The van der Waals surface area contributed by atoms with Gasteiger partial charge in [0.2, 0.25) is 0 Å². The van der Waals surface area contributed by atoms with Crippen LogP contribution in [0.25, 0.3) is 0 Å². The van der Waals surface area contributed by atoms with E-state index in [0.29, 0.717) is 137 Å². The van der Waals surface area contributed by atoms with E-state index in [1.165, 1.54) is 0 Å². The molecule has 0 saturated heterocycles. The molecule has 1 heterocycles. The van der Waals surface area contributed by atoms with Gasteiger partial charge in [-0.15, -0.1) is 0 Å². The van der Waals surface area contributed by atoms with Gasteiger partial charge in [-0.05, 0) is 185 Å². The van der Waals surface area contributed by atoms with Crippen LogP contribution in [0.1, 0.15) is 211 Å². The molecule has 8 N–H and O–H groups in total. The van der Waals surface area contributed by atoms with E-state index in [2.05, 4.69) is 306 Å². The zero-order chi connectivity index (χ0) is 77.1. The summed E-state index contributed by atoms with van der Waals surface area (Å²) in [5.41, 5.74) is 17.1. The topological polar surface area (TPSA) is 170 Å². The van der Waals surface area contributed by atoms with Crippen LogP contribution in [0.3, 0.4) is 0 Å². The van der Waals surface area contributed by atoms with Crippen LogP contribution in [0.15, 0.2) is 97.1 Å². The highest BCUT2D eigenvalue weighted by atomic mass is 16.5. The summed E-state index contributed by atoms with van der Waals surface area (Å²) >= 11 is 0. The van der Waals surface area contributed by atoms with Crippen LogP contribution in [-0.2, 0) is 43.3 Å². The van der Waals surface area contributed by atoms with Gasteiger partial charge in [0, 0.05) is 0 Å². The van der Waals surface area contributed by atoms with Crippen LogP contribution >= 0.6 is 0 Å². The lowest BCUT2D eigenvalue weighted by Gasteiger charge is -2.29.